The second-order valence-electron chi connectivity index (χ2n) is 3.00. The SMILES string of the molecule is CCCCP(=O)(O)CCCC.Cl. The first-order chi connectivity index (χ1) is 5.12. The van der Waals surface area contributed by atoms with Crippen molar-refractivity contribution in [2.45, 2.75) is 39.5 Å². The highest BCUT2D eigenvalue weighted by Gasteiger charge is 2.15. The Bertz CT molecular complexity index is 127. The van der Waals surface area contributed by atoms with Gasteiger partial charge in [0.05, 0.1) is 0 Å². The molecule has 4 heteroatoms. The van der Waals surface area contributed by atoms with Gasteiger partial charge in [-0.3, -0.25) is 4.57 Å². The third kappa shape index (κ3) is 8.58. The molecule has 0 aromatic carbocycles. The van der Waals surface area contributed by atoms with Crippen LogP contribution >= 0.6 is 19.8 Å². The van der Waals surface area contributed by atoms with Crippen molar-refractivity contribution in [3.05, 3.63) is 0 Å². The molecule has 2 nitrogen and oxygen atoms in total. The standard InChI is InChI=1S/C8H19O2P.ClH/c1-3-5-7-11(9,10)8-6-4-2;/h3-8H2,1-2H3,(H,9,10);1H. The van der Waals surface area contributed by atoms with E-state index in [0.29, 0.717) is 12.3 Å². The van der Waals surface area contributed by atoms with E-state index in [1.165, 1.54) is 0 Å². The Morgan fingerprint density at radius 3 is 1.67 bits per heavy atom. The molecule has 0 spiro atoms. The van der Waals surface area contributed by atoms with Crippen molar-refractivity contribution in [2.24, 2.45) is 0 Å². The maximum Gasteiger partial charge on any atom is 0.200 e. The van der Waals surface area contributed by atoms with E-state index in [-0.39, 0.29) is 12.4 Å². The van der Waals surface area contributed by atoms with Gasteiger partial charge in [0, 0.05) is 12.3 Å². The summed E-state index contributed by atoms with van der Waals surface area (Å²) in [7, 11) is -2.73. The van der Waals surface area contributed by atoms with Crippen molar-refractivity contribution in [2.75, 3.05) is 12.3 Å². The molecule has 0 aliphatic carbocycles. The van der Waals surface area contributed by atoms with E-state index in [0.717, 1.165) is 25.7 Å². The molecule has 0 aliphatic heterocycles. The van der Waals surface area contributed by atoms with Gasteiger partial charge in [-0.2, -0.15) is 0 Å². The molecule has 12 heavy (non-hydrogen) atoms. The van der Waals surface area contributed by atoms with E-state index in [1.54, 1.807) is 0 Å². The van der Waals surface area contributed by atoms with E-state index in [9.17, 15) is 9.46 Å². The Morgan fingerprint density at radius 2 is 1.42 bits per heavy atom. The van der Waals surface area contributed by atoms with E-state index in [2.05, 4.69) is 0 Å². The maximum absolute atomic E-state index is 11.3. The summed E-state index contributed by atoms with van der Waals surface area (Å²) in [6.45, 7) is 4.08. The zero-order valence-electron chi connectivity index (χ0n) is 7.95. The van der Waals surface area contributed by atoms with Crippen LogP contribution in [0, 0.1) is 0 Å². The summed E-state index contributed by atoms with van der Waals surface area (Å²) in [6, 6.07) is 0. The fourth-order valence-corrected chi connectivity index (χ4v) is 2.77. The van der Waals surface area contributed by atoms with Crippen LogP contribution in [-0.4, -0.2) is 17.2 Å². The fourth-order valence-electron chi connectivity index (χ4n) is 0.922. The Morgan fingerprint density at radius 1 is 1.08 bits per heavy atom. The smallest absolute Gasteiger partial charge is 0.200 e. The van der Waals surface area contributed by atoms with Crippen LogP contribution in [0.5, 0.6) is 0 Å². The third-order valence-electron chi connectivity index (χ3n) is 1.72. The molecule has 0 aromatic heterocycles. The van der Waals surface area contributed by atoms with Crippen LogP contribution < -0.4 is 0 Å². The Hall–Kier alpha value is 0.480. The highest BCUT2D eigenvalue weighted by molar-refractivity contribution is 7.57. The van der Waals surface area contributed by atoms with Crippen molar-refractivity contribution in [1.29, 1.82) is 0 Å². The highest BCUT2D eigenvalue weighted by Crippen LogP contribution is 2.42. The first-order valence-corrected chi connectivity index (χ1v) is 6.46. The molecule has 0 aromatic rings. The van der Waals surface area contributed by atoms with E-state index < -0.39 is 7.37 Å². The van der Waals surface area contributed by atoms with Gasteiger partial charge >= 0.3 is 0 Å². The molecule has 0 aliphatic rings. The maximum atomic E-state index is 11.3. The average molecular weight is 215 g/mol. The number of hydrogen-bond donors (Lipinski definition) is 1. The first-order valence-electron chi connectivity index (χ1n) is 4.43. The van der Waals surface area contributed by atoms with Crippen LogP contribution in [0.4, 0.5) is 0 Å². The summed E-state index contributed by atoms with van der Waals surface area (Å²) in [5, 5.41) is 0. The summed E-state index contributed by atoms with van der Waals surface area (Å²) in [5.41, 5.74) is 0. The third-order valence-corrected chi connectivity index (χ3v) is 3.75. The van der Waals surface area contributed by atoms with Gasteiger partial charge in [0.2, 0.25) is 7.37 Å². The molecule has 0 saturated heterocycles. The molecule has 1 N–H and O–H groups in total. The Labute approximate surface area is 81.6 Å². The van der Waals surface area contributed by atoms with Crippen LogP contribution in [0.1, 0.15) is 39.5 Å². The Kier molecular flexibility index (Phi) is 10.1. The predicted molar refractivity (Wildman–Crippen MR) is 56.6 cm³/mol. The molecule has 0 rings (SSSR count). The minimum atomic E-state index is -2.73. The molecule has 0 amide bonds. The Balaban J connectivity index is 0. The summed E-state index contributed by atoms with van der Waals surface area (Å²) in [4.78, 5) is 9.33. The second-order valence-corrected chi connectivity index (χ2v) is 5.59. The highest BCUT2D eigenvalue weighted by atomic mass is 35.5. The zero-order chi connectivity index (χ0) is 8.74. The molecule has 0 bridgehead atoms. The average Bonchev–Trinajstić information content (AvgIpc) is 1.97. The fraction of sp³-hybridized carbons (Fsp3) is 1.00. The van der Waals surface area contributed by atoms with Crippen molar-refractivity contribution in [3.8, 4) is 0 Å². The number of unbranched alkanes of at least 4 members (excludes halogenated alkanes) is 2. The minimum Gasteiger partial charge on any atom is -0.344 e. The topological polar surface area (TPSA) is 37.3 Å². The molecule has 0 saturated carbocycles. The normalized spacial score (nSPS) is 10.9. The monoisotopic (exact) mass is 214 g/mol. The summed E-state index contributed by atoms with van der Waals surface area (Å²) in [6.07, 6.45) is 4.83. The van der Waals surface area contributed by atoms with Gasteiger partial charge in [-0.15, -0.1) is 12.4 Å². The molecule has 0 heterocycles. The minimum absolute atomic E-state index is 0. The van der Waals surface area contributed by atoms with E-state index in [1.807, 2.05) is 13.8 Å². The van der Waals surface area contributed by atoms with Gasteiger partial charge in [0.1, 0.15) is 0 Å². The van der Waals surface area contributed by atoms with Gasteiger partial charge in [0.15, 0.2) is 0 Å². The summed E-state index contributed by atoms with van der Waals surface area (Å²) >= 11 is 0. The second kappa shape index (κ2) is 8.10. The molecular weight excluding hydrogens is 195 g/mol. The molecular formula is C8H20ClO2P. The van der Waals surface area contributed by atoms with E-state index in [4.69, 9.17) is 0 Å². The molecule has 0 radical (unpaired) electrons. The zero-order valence-corrected chi connectivity index (χ0v) is 9.66. The van der Waals surface area contributed by atoms with Crippen LogP contribution in [0.15, 0.2) is 0 Å². The van der Waals surface area contributed by atoms with Crippen molar-refractivity contribution in [1.82, 2.24) is 0 Å². The summed E-state index contributed by atoms with van der Waals surface area (Å²) in [5.74, 6) is 0. The van der Waals surface area contributed by atoms with Crippen molar-refractivity contribution in [3.63, 3.8) is 0 Å². The van der Waals surface area contributed by atoms with Crippen LogP contribution in [0.3, 0.4) is 0 Å². The van der Waals surface area contributed by atoms with Crippen molar-refractivity contribution >= 4 is 19.8 Å². The molecule has 76 valence electrons. The van der Waals surface area contributed by atoms with Gasteiger partial charge in [-0.05, 0) is 12.8 Å². The molecule has 0 unspecified atom stereocenters. The van der Waals surface area contributed by atoms with Crippen LogP contribution in [-0.2, 0) is 4.57 Å². The van der Waals surface area contributed by atoms with Crippen LogP contribution in [0.2, 0.25) is 0 Å². The number of hydrogen-bond acceptors (Lipinski definition) is 1. The van der Waals surface area contributed by atoms with Gasteiger partial charge in [-0.25, -0.2) is 0 Å². The number of rotatable bonds is 6. The lowest BCUT2D eigenvalue weighted by Gasteiger charge is -2.09. The number of halogens is 1. The lowest BCUT2D eigenvalue weighted by Crippen LogP contribution is -1.93. The van der Waals surface area contributed by atoms with Gasteiger partial charge < -0.3 is 4.89 Å². The largest absolute Gasteiger partial charge is 0.344 e. The van der Waals surface area contributed by atoms with Gasteiger partial charge in [0.25, 0.3) is 0 Å². The lowest BCUT2D eigenvalue weighted by molar-refractivity contribution is 0.473. The first kappa shape index (κ1) is 15.0. The van der Waals surface area contributed by atoms with Gasteiger partial charge in [-0.1, -0.05) is 26.7 Å². The predicted octanol–water partition coefficient (Wildman–Crippen LogP) is 3.28. The molecule has 0 fully saturated rings. The molecule has 0 atom stereocenters. The van der Waals surface area contributed by atoms with Crippen LogP contribution in [0.25, 0.3) is 0 Å². The quantitative estimate of drug-likeness (QED) is 0.689. The lowest BCUT2D eigenvalue weighted by atomic mass is 10.4. The van der Waals surface area contributed by atoms with E-state index >= 15 is 0 Å². The summed E-state index contributed by atoms with van der Waals surface area (Å²) < 4.78 is 11.3. The van der Waals surface area contributed by atoms with Crippen molar-refractivity contribution < 1.29 is 9.46 Å².